The Labute approximate surface area is 165 Å². The highest BCUT2D eigenvalue weighted by atomic mass is 32.2. The van der Waals surface area contributed by atoms with Gasteiger partial charge in [0.2, 0.25) is 0 Å². The summed E-state index contributed by atoms with van der Waals surface area (Å²) in [6, 6.07) is 27.4. The highest BCUT2D eigenvalue weighted by Gasteiger charge is 2.19. The average Bonchev–Trinajstić information content (AvgIpc) is 2.72. The van der Waals surface area contributed by atoms with E-state index in [1.807, 2.05) is 48.5 Å². The minimum Gasteiger partial charge on any atom is -0.488 e. The number of nitrogens with zero attached hydrogens (tertiary/aromatic N) is 1. The van der Waals surface area contributed by atoms with Crippen LogP contribution in [0.1, 0.15) is 16.7 Å². The van der Waals surface area contributed by atoms with Crippen LogP contribution in [0.2, 0.25) is 0 Å². The van der Waals surface area contributed by atoms with Crippen molar-refractivity contribution in [3.8, 4) is 11.8 Å². The lowest BCUT2D eigenvalue weighted by Crippen LogP contribution is -2.06. The normalized spacial score (nSPS) is 11.6. The largest absolute Gasteiger partial charge is 0.488 e. The summed E-state index contributed by atoms with van der Waals surface area (Å²) in [6.45, 7) is 0.352. The molecule has 0 aliphatic heterocycles. The Morgan fingerprint density at radius 3 is 2.07 bits per heavy atom. The lowest BCUT2D eigenvalue weighted by atomic mass is 10.2. The maximum absolute atomic E-state index is 12.7. The molecular weight excluding hydrogens is 370 g/mol. The first-order chi connectivity index (χ1) is 13.6. The Hall–Kier alpha value is -3.36. The quantitative estimate of drug-likeness (QED) is 0.547. The number of hydrogen-bond acceptors (Lipinski definition) is 4. The molecule has 0 radical (unpaired) electrons. The van der Waals surface area contributed by atoms with Gasteiger partial charge < -0.3 is 4.74 Å². The molecule has 0 saturated carbocycles. The number of rotatable bonds is 7. The van der Waals surface area contributed by atoms with Crippen molar-refractivity contribution in [2.75, 3.05) is 0 Å². The lowest BCUT2D eigenvalue weighted by Gasteiger charge is -2.10. The predicted octanol–water partition coefficient (Wildman–Crippen LogP) is 4.75. The van der Waals surface area contributed by atoms with Crippen molar-refractivity contribution in [1.29, 1.82) is 5.26 Å². The predicted molar refractivity (Wildman–Crippen MR) is 110 cm³/mol. The highest BCUT2D eigenvalue weighted by molar-refractivity contribution is 7.95. The Morgan fingerprint density at radius 2 is 1.43 bits per heavy atom. The van der Waals surface area contributed by atoms with Crippen molar-refractivity contribution in [3.63, 3.8) is 0 Å². The van der Waals surface area contributed by atoms with Gasteiger partial charge in [0, 0.05) is 5.56 Å². The standard InChI is InChI=1S/C23H19NO3S/c24-16-22(28(25,26)18-20-11-5-2-6-12-20)15-21-13-7-8-14-23(21)27-17-19-9-3-1-4-10-19/h1-15H,17-18H2/b22-15+. The van der Waals surface area contributed by atoms with Gasteiger partial charge in [-0.05, 0) is 23.3 Å². The van der Waals surface area contributed by atoms with Crippen LogP contribution in [-0.2, 0) is 22.2 Å². The lowest BCUT2D eigenvalue weighted by molar-refractivity contribution is 0.305. The van der Waals surface area contributed by atoms with Gasteiger partial charge in [-0.3, -0.25) is 0 Å². The molecule has 0 saturated heterocycles. The molecule has 3 aromatic rings. The van der Waals surface area contributed by atoms with Crippen molar-refractivity contribution < 1.29 is 13.2 Å². The minimum absolute atomic E-state index is 0.222. The number of para-hydroxylation sites is 1. The fourth-order valence-corrected chi connectivity index (χ4v) is 3.90. The maximum atomic E-state index is 12.7. The second-order valence-electron chi connectivity index (χ2n) is 6.18. The van der Waals surface area contributed by atoms with E-state index in [4.69, 9.17) is 4.74 Å². The summed E-state index contributed by atoms with van der Waals surface area (Å²) < 4.78 is 31.2. The summed E-state index contributed by atoms with van der Waals surface area (Å²) in [5.74, 6) is 0.300. The number of allylic oxidation sites excluding steroid dienone is 1. The smallest absolute Gasteiger partial charge is 0.192 e. The summed E-state index contributed by atoms with van der Waals surface area (Å²) >= 11 is 0. The van der Waals surface area contributed by atoms with Gasteiger partial charge in [-0.1, -0.05) is 78.9 Å². The molecule has 0 N–H and O–H groups in total. The first kappa shape index (κ1) is 19.4. The third kappa shape index (κ3) is 5.09. The first-order valence-electron chi connectivity index (χ1n) is 8.73. The molecule has 4 nitrogen and oxygen atoms in total. The van der Waals surface area contributed by atoms with E-state index in [9.17, 15) is 13.7 Å². The Balaban J connectivity index is 1.85. The van der Waals surface area contributed by atoms with E-state index in [0.717, 1.165) is 5.56 Å². The van der Waals surface area contributed by atoms with Gasteiger partial charge in [0.05, 0.1) is 5.75 Å². The van der Waals surface area contributed by atoms with Gasteiger partial charge in [0.25, 0.3) is 0 Å². The first-order valence-corrected chi connectivity index (χ1v) is 10.4. The van der Waals surface area contributed by atoms with Gasteiger partial charge >= 0.3 is 0 Å². The van der Waals surface area contributed by atoms with Crippen molar-refractivity contribution >= 4 is 15.9 Å². The second-order valence-corrected chi connectivity index (χ2v) is 8.14. The van der Waals surface area contributed by atoms with E-state index >= 15 is 0 Å². The van der Waals surface area contributed by atoms with Crippen LogP contribution >= 0.6 is 0 Å². The van der Waals surface area contributed by atoms with Gasteiger partial charge in [0.1, 0.15) is 23.3 Å². The fraction of sp³-hybridized carbons (Fsp3) is 0.0870. The molecule has 0 amide bonds. The molecule has 0 aromatic heterocycles. The van der Waals surface area contributed by atoms with Gasteiger partial charge in [0.15, 0.2) is 9.84 Å². The van der Waals surface area contributed by atoms with Gasteiger partial charge in [-0.2, -0.15) is 5.26 Å². The van der Waals surface area contributed by atoms with E-state index in [0.29, 0.717) is 23.5 Å². The van der Waals surface area contributed by atoms with Crippen LogP contribution in [0.15, 0.2) is 89.8 Å². The summed E-state index contributed by atoms with van der Waals surface area (Å²) in [6.07, 6.45) is 1.37. The third-order valence-electron chi connectivity index (χ3n) is 4.09. The fourth-order valence-electron chi connectivity index (χ4n) is 2.67. The molecule has 0 spiro atoms. The Kier molecular flexibility index (Phi) is 6.25. The van der Waals surface area contributed by atoms with E-state index in [1.54, 1.807) is 42.5 Å². The van der Waals surface area contributed by atoms with Gasteiger partial charge in [-0.25, -0.2) is 8.42 Å². The molecule has 0 unspecified atom stereocenters. The monoisotopic (exact) mass is 389 g/mol. The molecule has 5 heteroatoms. The zero-order valence-electron chi connectivity index (χ0n) is 15.2. The maximum Gasteiger partial charge on any atom is 0.192 e. The molecule has 0 bridgehead atoms. The summed E-state index contributed by atoms with van der Waals surface area (Å²) in [7, 11) is -3.76. The molecule has 3 aromatic carbocycles. The molecule has 0 heterocycles. The van der Waals surface area contributed by atoms with Crippen molar-refractivity contribution in [2.45, 2.75) is 12.4 Å². The summed E-state index contributed by atoms with van der Waals surface area (Å²) in [5.41, 5.74) is 2.18. The van der Waals surface area contributed by atoms with Gasteiger partial charge in [-0.15, -0.1) is 0 Å². The zero-order chi connectivity index (χ0) is 19.8. The molecular formula is C23H19NO3S. The van der Waals surface area contributed by atoms with Crippen LogP contribution < -0.4 is 4.74 Å². The molecule has 140 valence electrons. The molecule has 0 fully saturated rings. The third-order valence-corrected chi connectivity index (χ3v) is 5.68. The van der Waals surface area contributed by atoms with E-state index in [1.165, 1.54) is 6.08 Å². The zero-order valence-corrected chi connectivity index (χ0v) is 16.0. The average molecular weight is 389 g/mol. The molecule has 28 heavy (non-hydrogen) atoms. The second kappa shape index (κ2) is 9.03. The van der Waals surface area contributed by atoms with Crippen LogP contribution in [0, 0.1) is 11.3 Å². The van der Waals surface area contributed by atoms with Crippen LogP contribution in [0.4, 0.5) is 0 Å². The molecule has 0 aliphatic carbocycles. The van der Waals surface area contributed by atoms with Crippen LogP contribution in [0.3, 0.4) is 0 Å². The molecule has 0 aliphatic rings. The topological polar surface area (TPSA) is 67.2 Å². The van der Waals surface area contributed by atoms with E-state index in [2.05, 4.69) is 0 Å². The van der Waals surface area contributed by atoms with Crippen molar-refractivity contribution in [2.24, 2.45) is 0 Å². The van der Waals surface area contributed by atoms with Crippen LogP contribution in [-0.4, -0.2) is 8.42 Å². The van der Waals surface area contributed by atoms with E-state index < -0.39 is 9.84 Å². The molecule has 3 rings (SSSR count). The number of nitriles is 1. The number of ether oxygens (including phenoxy) is 1. The minimum atomic E-state index is -3.76. The highest BCUT2D eigenvalue weighted by Crippen LogP contribution is 2.25. The summed E-state index contributed by atoms with van der Waals surface area (Å²) in [5, 5.41) is 9.46. The van der Waals surface area contributed by atoms with Crippen LogP contribution in [0.25, 0.3) is 6.08 Å². The molecule has 0 atom stereocenters. The number of hydrogen-bond donors (Lipinski definition) is 0. The Bertz CT molecular complexity index is 1100. The van der Waals surface area contributed by atoms with Crippen molar-refractivity contribution in [1.82, 2.24) is 0 Å². The summed E-state index contributed by atoms with van der Waals surface area (Å²) in [4.78, 5) is -0.285. The Morgan fingerprint density at radius 1 is 0.857 bits per heavy atom. The number of sulfone groups is 1. The van der Waals surface area contributed by atoms with Crippen LogP contribution in [0.5, 0.6) is 5.75 Å². The van der Waals surface area contributed by atoms with Crippen molar-refractivity contribution in [3.05, 3.63) is 107 Å². The number of benzene rings is 3. The SMILES string of the molecule is N#C/C(=C\c1ccccc1OCc1ccccc1)S(=O)(=O)Cc1ccccc1. The van der Waals surface area contributed by atoms with E-state index in [-0.39, 0.29) is 10.7 Å².